The Kier molecular flexibility index (Phi) is 6.06. The van der Waals surface area contributed by atoms with E-state index in [1.165, 1.54) is 0 Å². The van der Waals surface area contributed by atoms with Crippen LogP contribution < -0.4 is 15.0 Å². The molecule has 0 saturated carbocycles. The first-order chi connectivity index (χ1) is 19.9. The van der Waals surface area contributed by atoms with Gasteiger partial charge in [-0.3, -0.25) is 14.7 Å². The highest BCUT2D eigenvalue weighted by atomic mass is 16.6. The summed E-state index contributed by atoms with van der Waals surface area (Å²) in [5, 5.41) is 12.2. The maximum Gasteiger partial charge on any atom is 0.343 e. The number of nitrogens with zero attached hydrogens (tertiary/aromatic N) is 4. The molecule has 0 aliphatic carbocycles. The molecule has 1 aromatic carbocycles. The highest BCUT2D eigenvalue weighted by molar-refractivity contribution is 5.91. The molecule has 6 heterocycles. The number of cyclic esters (lactones) is 1. The normalized spacial score (nSPS) is 18.7. The van der Waals surface area contributed by atoms with Gasteiger partial charge in [0.1, 0.15) is 19.8 Å². The van der Waals surface area contributed by atoms with Crippen molar-refractivity contribution in [1.82, 2.24) is 19.4 Å². The van der Waals surface area contributed by atoms with Crippen LogP contribution in [0, 0.1) is 0 Å². The van der Waals surface area contributed by atoms with Gasteiger partial charge in [0, 0.05) is 48.1 Å². The molecule has 0 amide bonds. The zero-order valence-electron chi connectivity index (χ0n) is 23.0. The number of hydrogen-bond donors (Lipinski definition) is 1. The van der Waals surface area contributed by atoms with Crippen LogP contribution in [0.3, 0.4) is 0 Å². The van der Waals surface area contributed by atoms with E-state index in [0.717, 1.165) is 40.7 Å². The number of carbonyl (C=O) groups excluding carboxylic acids is 1. The molecule has 10 nitrogen and oxygen atoms in total. The van der Waals surface area contributed by atoms with Crippen molar-refractivity contribution < 1.29 is 24.1 Å². The second-order valence-electron chi connectivity index (χ2n) is 10.7. The van der Waals surface area contributed by atoms with Gasteiger partial charge in [0.05, 0.1) is 29.0 Å². The van der Waals surface area contributed by atoms with Gasteiger partial charge in [0.2, 0.25) is 0 Å². The van der Waals surface area contributed by atoms with Gasteiger partial charge < -0.3 is 23.9 Å². The van der Waals surface area contributed by atoms with Crippen LogP contribution in [0.2, 0.25) is 0 Å². The molecule has 1 atom stereocenters. The monoisotopic (exact) mass is 554 g/mol. The smallest absolute Gasteiger partial charge is 0.343 e. The Hall–Kier alpha value is -4.28. The summed E-state index contributed by atoms with van der Waals surface area (Å²) in [6.45, 7) is 7.07. The van der Waals surface area contributed by atoms with Gasteiger partial charge in [0.15, 0.2) is 17.1 Å². The molecular formula is C31H30N4O6. The molecule has 0 saturated heterocycles. The lowest BCUT2D eigenvalue weighted by atomic mass is 9.86. The van der Waals surface area contributed by atoms with Gasteiger partial charge >= 0.3 is 5.97 Å². The Morgan fingerprint density at radius 2 is 1.76 bits per heavy atom. The fourth-order valence-electron chi connectivity index (χ4n) is 6.13. The van der Waals surface area contributed by atoms with Gasteiger partial charge in [-0.05, 0) is 48.4 Å². The fourth-order valence-corrected chi connectivity index (χ4v) is 6.13. The second kappa shape index (κ2) is 9.67. The van der Waals surface area contributed by atoms with Crippen molar-refractivity contribution in [2.75, 3.05) is 19.8 Å². The van der Waals surface area contributed by atoms with Gasteiger partial charge in [-0.25, -0.2) is 9.78 Å². The molecule has 0 spiro atoms. The van der Waals surface area contributed by atoms with E-state index in [1.807, 2.05) is 24.3 Å². The summed E-state index contributed by atoms with van der Waals surface area (Å²) in [7, 11) is 0. The second-order valence-corrected chi connectivity index (χ2v) is 10.7. The minimum Gasteiger partial charge on any atom is -0.486 e. The van der Waals surface area contributed by atoms with E-state index in [1.54, 1.807) is 30.0 Å². The molecule has 3 aromatic heterocycles. The number of esters is 1. The summed E-state index contributed by atoms with van der Waals surface area (Å²) >= 11 is 0. The van der Waals surface area contributed by atoms with Crippen molar-refractivity contribution in [2.45, 2.75) is 52.1 Å². The van der Waals surface area contributed by atoms with Crippen LogP contribution in [0.4, 0.5) is 0 Å². The maximum absolute atomic E-state index is 13.8. The molecule has 0 fully saturated rings. The maximum atomic E-state index is 13.8. The van der Waals surface area contributed by atoms with Crippen molar-refractivity contribution in [1.29, 1.82) is 0 Å². The topological polar surface area (TPSA) is 116 Å². The number of ether oxygens (including phenoxy) is 3. The highest BCUT2D eigenvalue weighted by Gasteiger charge is 2.45. The van der Waals surface area contributed by atoms with E-state index in [0.29, 0.717) is 60.3 Å². The van der Waals surface area contributed by atoms with E-state index < -0.39 is 11.6 Å². The minimum atomic E-state index is -1.88. The SMILES string of the molecule is CCN(Cc1ccncc1)Cc1c2c(nc3cc4c(cc13)OCCO4)-c1cc3c(c(=O)n1C2)COC(=O)C3(O)CC. The van der Waals surface area contributed by atoms with Gasteiger partial charge in [0.25, 0.3) is 5.56 Å². The molecule has 3 aliphatic heterocycles. The Morgan fingerprint density at radius 1 is 1.00 bits per heavy atom. The molecule has 1 unspecified atom stereocenters. The van der Waals surface area contributed by atoms with Crippen LogP contribution in [0.5, 0.6) is 11.5 Å². The van der Waals surface area contributed by atoms with Gasteiger partial charge in [-0.15, -0.1) is 0 Å². The van der Waals surface area contributed by atoms with Crippen molar-refractivity contribution in [3.05, 3.63) is 80.9 Å². The van der Waals surface area contributed by atoms with Gasteiger partial charge in [-0.2, -0.15) is 0 Å². The van der Waals surface area contributed by atoms with Crippen molar-refractivity contribution in [3.63, 3.8) is 0 Å². The average Bonchev–Trinajstić information content (AvgIpc) is 3.37. The number of hydrogen-bond acceptors (Lipinski definition) is 9. The lowest BCUT2D eigenvalue weighted by molar-refractivity contribution is -0.172. The van der Waals surface area contributed by atoms with E-state index >= 15 is 0 Å². The van der Waals surface area contributed by atoms with Crippen LogP contribution in [0.1, 0.15) is 48.1 Å². The fraction of sp³-hybridized carbons (Fsp3) is 0.355. The molecule has 7 rings (SSSR count). The lowest BCUT2D eigenvalue weighted by Gasteiger charge is -2.31. The van der Waals surface area contributed by atoms with E-state index in [4.69, 9.17) is 19.2 Å². The number of carbonyl (C=O) groups is 1. The quantitative estimate of drug-likeness (QED) is 0.316. The summed E-state index contributed by atoms with van der Waals surface area (Å²) in [4.78, 5) is 37.9. The summed E-state index contributed by atoms with van der Waals surface area (Å²) in [5.41, 5.74) is 3.58. The van der Waals surface area contributed by atoms with Crippen LogP contribution >= 0.6 is 0 Å². The Morgan fingerprint density at radius 3 is 2.49 bits per heavy atom. The molecule has 41 heavy (non-hydrogen) atoms. The number of pyridine rings is 3. The van der Waals surface area contributed by atoms with Crippen molar-refractivity contribution in [2.24, 2.45) is 0 Å². The van der Waals surface area contributed by atoms with Gasteiger partial charge in [-0.1, -0.05) is 13.8 Å². The molecule has 1 N–H and O–H groups in total. The molecule has 10 heteroatoms. The number of rotatable bonds is 6. The number of benzene rings is 1. The Bertz CT molecular complexity index is 1770. The van der Waals surface area contributed by atoms with E-state index in [9.17, 15) is 14.7 Å². The number of aliphatic hydroxyl groups is 1. The first-order valence-electron chi connectivity index (χ1n) is 13.9. The predicted octanol–water partition coefficient (Wildman–Crippen LogP) is 3.27. The Labute approximate surface area is 236 Å². The number of fused-ring (bicyclic) bond motifs is 6. The van der Waals surface area contributed by atoms with Crippen LogP contribution in [0.15, 0.2) is 47.5 Å². The summed E-state index contributed by atoms with van der Waals surface area (Å²) in [6.07, 6.45) is 3.68. The molecular weight excluding hydrogens is 524 g/mol. The van der Waals surface area contributed by atoms with Crippen molar-refractivity contribution >= 4 is 16.9 Å². The third-order valence-corrected chi connectivity index (χ3v) is 8.45. The third-order valence-electron chi connectivity index (χ3n) is 8.45. The summed E-state index contributed by atoms with van der Waals surface area (Å²) < 4.78 is 18.7. The first kappa shape index (κ1) is 25.7. The zero-order chi connectivity index (χ0) is 28.3. The molecule has 4 aromatic rings. The molecule has 3 aliphatic rings. The number of aromatic nitrogens is 3. The zero-order valence-corrected chi connectivity index (χ0v) is 23.0. The molecule has 0 radical (unpaired) electrons. The molecule has 210 valence electrons. The van der Waals surface area contributed by atoms with Crippen molar-refractivity contribution in [3.8, 4) is 22.9 Å². The molecule has 0 bridgehead atoms. The van der Waals surface area contributed by atoms with E-state index in [2.05, 4.69) is 16.8 Å². The first-order valence-corrected chi connectivity index (χ1v) is 13.9. The largest absolute Gasteiger partial charge is 0.486 e. The van der Waals surface area contributed by atoms with Crippen LogP contribution in [0.25, 0.3) is 22.3 Å². The van der Waals surface area contributed by atoms with Crippen LogP contribution in [-0.2, 0) is 41.4 Å². The summed E-state index contributed by atoms with van der Waals surface area (Å²) in [5.74, 6) is 0.576. The standard InChI is InChI=1S/C31H30N4O6/c1-3-31(38)23-12-25-28-21(16-35(25)29(36)22(23)17-41-30(31)37)20(15-34(4-2)14-18-5-7-32-8-6-18)19-11-26-27(13-24(19)33-28)40-10-9-39-26/h5-8,11-13,38H,3-4,9-10,14-17H2,1-2H3. The minimum absolute atomic E-state index is 0.0922. The third kappa shape index (κ3) is 4.00. The Balaban J connectivity index is 1.43. The average molecular weight is 555 g/mol. The van der Waals surface area contributed by atoms with Crippen LogP contribution in [-0.4, -0.2) is 50.3 Å². The van der Waals surface area contributed by atoms with E-state index in [-0.39, 0.29) is 18.6 Å². The predicted molar refractivity (Wildman–Crippen MR) is 150 cm³/mol. The summed E-state index contributed by atoms with van der Waals surface area (Å²) in [6, 6.07) is 9.66. The lowest BCUT2D eigenvalue weighted by Crippen LogP contribution is -2.44. The highest BCUT2D eigenvalue weighted by Crippen LogP contribution is 2.43.